The van der Waals surface area contributed by atoms with Crippen LogP contribution in [0.1, 0.15) is 51.8 Å². The molecule has 0 unspecified atom stereocenters. The second kappa shape index (κ2) is 10.0. The van der Waals surface area contributed by atoms with Crippen LogP contribution in [0.25, 0.3) is 11.5 Å². The van der Waals surface area contributed by atoms with Crippen LogP contribution in [-0.2, 0) is 6.42 Å². The van der Waals surface area contributed by atoms with Crippen molar-refractivity contribution in [2.24, 2.45) is 0 Å². The number of carbonyl (C=O) groups is 1. The number of imidazole rings is 1. The largest absolute Gasteiger partial charge is 0.496 e. The number of aromatic nitrogens is 5. The van der Waals surface area contributed by atoms with E-state index in [1.54, 1.807) is 31.9 Å². The van der Waals surface area contributed by atoms with E-state index in [0.29, 0.717) is 25.1 Å². The highest BCUT2D eigenvalue weighted by Crippen LogP contribution is 2.32. The first kappa shape index (κ1) is 22.7. The van der Waals surface area contributed by atoms with Gasteiger partial charge in [-0.2, -0.15) is 0 Å². The van der Waals surface area contributed by atoms with Crippen LogP contribution in [0, 0.1) is 6.92 Å². The van der Waals surface area contributed by atoms with Gasteiger partial charge in [-0.1, -0.05) is 18.2 Å². The minimum absolute atomic E-state index is 0.0146. The maximum atomic E-state index is 13.1. The normalized spacial score (nSPS) is 14.2. The summed E-state index contributed by atoms with van der Waals surface area (Å²) in [5.41, 5.74) is 5.29. The molecule has 0 bridgehead atoms. The van der Waals surface area contributed by atoms with E-state index in [1.807, 2.05) is 48.2 Å². The first-order valence-corrected chi connectivity index (χ1v) is 11.8. The van der Waals surface area contributed by atoms with Gasteiger partial charge in [0.1, 0.15) is 11.4 Å². The van der Waals surface area contributed by atoms with Crippen LogP contribution in [0.15, 0.2) is 61.2 Å². The maximum absolute atomic E-state index is 13.1. The summed E-state index contributed by atoms with van der Waals surface area (Å²) in [6, 6.07) is 11.7. The van der Waals surface area contributed by atoms with Crippen LogP contribution in [-0.4, -0.2) is 55.9 Å². The molecule has 178 valence electrons. The van der Waals surface area contributed by atoms with Crippen LogP contribution >= 0.6 is 0 Å². The van der Waals surface area contributed by atoms with Gasteiger partial charge in [0.25, 0.3) is 5.91 Å². The number of benzene rings is 1. The molecule has 4 aromatic rings. The molecule has 8 nitrogen and oxygen atoms in total. The number of hydrogen-bond donors (Lipinski definition) is 1. The van der Waals surface area contributed by atoms with E-state index in [-0.39, 0.29) is 11.8 Å². The molecule has 8 heteroatoms. The average Bonchev–Trinajstić information content (AvgIpc) is 3.35. The highest BCUT2D eigenvalue weighted by atomic mass is 16.5. The van der Waals surface area contributed by atoms with Gasteiger partial charge >= 0.3 is 0 Å². The van der Waals surface area contributed by atoms with E-state index in [1.165, 1.54) is 0 Å². The molecule has 1 fully saturated rings. The number of aromatic amines is 1. The molecule has 1 amide bonds. The lowest BCUT2D eigenvalue weighted by molar-refractivity contribution is 0.0711. The van der Waals surface area contributed by atoms with E-state index >= 15 is 0 Å². The van der Waals surface area contributed by atoms with Crippen molar-refractivity contribution < 1.29 is 9.53 Å². The van der Waals surface area contributed by atoms with E-state index in [0.717, 1.165) is 52.8 Å². The number of hydrogen-bond acceptors (Lipinski definition) is 6. The first-order chi connectivity index (χ1) is 17.1. The molecule has 1 aliphatic rings. The summed E-state index contributed by atoms with van der Waals surface area (Å²) in [7, 11) is 1.67. The molecule has 0 atom stereocenters. The topological polar surface area (TPSA) is 96.9 Å². The number of pyridine rings is 1. The average molecular weight is 469 g/mol. The van der Waals surface area contributed by atoms with Crippen molar-refractivity contribution in [1.82, 2.24) is 29.8 Å². The van der Waals surface area contributed by atoms with Gasteiger partial charge in [-0.15, -0.1) is 0 Å². The monoisotopic (exact) mass is 468 g/mol. The fourth-order valence-corrected chi connectivity index (χ4v) is 4.60. The summed E-state index contributed by atoms with van der Waals surface area (Å²) in [6.07, 6.45) is 9.21. The molecule has 1 aromatic carbocycles. The second-order valence-electron chi connectivity index (χ2n) is 8.80. The molecule has 4 heterocycles. The highest BCUT2D eigenvalue weighted by molar-refractivity contribution is 5.94. The fourth-order valence-electron chi connectivity index (χ4n) is 4.60. The van der Waals surface area contributed by atoms with E-state index < -0.39 is 0 Å². The van der Waals surface area contributed by atoms with Crippen molar-refractivity contribution in [2.75, 3.05) is 20.2 Å². The number of ether oxygens (including phenoxy) is 1. The molecule has 3 aromatic heterocycles. The predicted octanol–water partition coefficient (Wildman–Crippen LogP) is 4.19. The van der Waals surface area contributed by atoms with Crippen LogP contribution < -0.4 is 4.74 Å². The zero-order valence-electron chi connectivity index (χ0n) is 19.9. The van der Waals surface area contributed by atoms with E-state index in [2.05, 4.69) is 24.9 Å². The Kier molecular flexibility index (Phi) is 6.52. The third-order valence-electron chi connectivity index (χ3n) is 6.46. The quantitative estimate of drug-likeness (QED) is 0.456. The van der Waals surface area contributed by atoms with Gasteiger partial charge in [-0.25, -0.2) is 9.97 Å². The highest BCUT2D eigenvalue weighted by Gasteiger charge is 2.28. The molecule has 1 N–H and O–H groups in total. The van der Waals surface area contributed by atoms with Crippen molar-refractivity contribution in [2.45, 2.75) is 32.1 Å². The first-order valence-electron chi connectivity index (χ1n) is 11.8. The molecular formula is C27H28N6O2. The summed E-state index contributed by atoms with van der Waals surface area (Å²) in [5.74, 6) is 1.82. The van der Waals surface area contributed by atoms with Crippen molar-refractivity contribution in [3.05, 3.63) is 89.4 Å². The van der Waals surface area contributed by atoms with Gasteiger partial charge in [0.15, 0.2) is 5.82 Å². The predicted molar refractivity (Wildman–Crippen MR) is 132 cm³/mol. The number of nitrogens with zero attached hydrogens (tertiary/aromatic N) is 5. The SMILES string of the molecule is COc1ccccc1Cc1ccc(C(=O)N2CCC(c3nccnc3-c3ncc(C)[nH]3)CC2)cn1. The smallest absolute Gasteiger partial charge is 0.255 e. The summed E-state index contributed by atoms with van der Waals surface area (Å²) in [5, 5.41) is 0. The molecular weight excluding hydrogens is 440 g/mol. The minimum atomic E-state index is 0.0146. The van der Waals surface area contributed by atoms with Gasteiger partial charge in [-0.3, -0.25) is 14.8 Å². The van der Waals surface area contributed by atoms with Gasteiger partial charge < -0.3 is 14.6 Å². The molecule has 35 heavy (non-hydrogen) atoms. The standard InChI is InChI=1S/C27H28N6O2/c1-18-16-31-26(32-18)25-24(28-11-12-29-25)19-9-13-33(14-10-19)27(34)21-7-8-22(30-17-21)15-20-5-3-4-6-23(20)35-2/h3-8,11-12,16-17,19H,9-10,13-15H2,1-2H3,(H,31,32). The van der Waals surface area contributed by atoms with Crippen LogP contribution in [0.2, 0.25) is 0 Å². The molecule has 1 aliphatic heterocycles. The molecule has 0 radical (unpaired) electrons. The Hall–Kier alpha value is -4.07. The summed E-state index contributed by atoms with van der Waals surface area (Å²) in [6.45, 7) is 3.30. The zero-order chi connectivity index (χ0) is 24.2. The fraction of sp³-hybridized carbons (Fsp3) is 0.296. The number of carbonyl (C=O) groups excluding carboxylic acids is 1. The molecule has 0 saturated carbocycles. The number of H-pyrrole nitrogens is 1. The Balaban J connectivity index is 1.23. The van der Waals surface area contributed by atoms with Gasteiger partial charge in [0.2, 0.25) is 0 Å². The van der Waals surface area contributed by atoms with Crippen LogP contribution in [0.3, 0.4) is 0 Å². The Morgan fingerprint density at radius 2 is 1.83 bits per heavy atom. The van der Waals surface area contributed by atoms with Gasteiger partial charge in [0.05, 0.1) is 18.4 Å². The van der Waals surface area contributed by atoms with Crippen molar-refractivity contribution in [3.63, 3.8) is 0 Å². The number of aryl methyl sites for hydroxylation is 1. The minimum Gasteiger partial charge on any atom is -0.496 e. The number of amides is 1. The van der Waals surface area contributed by atoms with Crippen molar-refractivity contribution in [1.29, 1.82) is 0 Å². The maximum Gasteiger partial charge on any atom is 0.255 e. The Bertz CT molecular complexity index is 1310. The van der Waals surface area contributed by atoms with Crippen LogP contribution in [0.4, 0.5) is 0 Å². The van der Waals surface area contributed by atoms with Gasteiger partial charge in [-0.05, 0) is 38.0 Å². The van der Waals surface area contributed by atoms with Gasteiger partial charge in [0, 0.05) is 67.2 Å². The third kappa shape index (κ3) is 4.91. The van der Waals surface area contributed by atoms with Crippen molar-refractivity contribution in [3.8, 4) is 17.3 Å². The molecule has 5 rings (SSSR count). The number of rotatable bonds is 6. The third-order valence-corrected chi connectivity index (χ3v) is 6.46. The number of para-hydroxylation sites is 1. The zero-order valence-corrected chi connectivity index (χ0v) is 19.9. The Morgan fingerprint density at radius 3 is 2.54 bits per heavy atom. The lowest BCUT2D eigenvalue weighted by Crippen LogP contribution is -2.38. The molecule has 0 aliphatic carbocycles. The number of methoxy groups -OCH3 is 1. The second-order valence-corrected chi connectivity index (χ2v) is 8.80. The number of piperidine rings is 1. The summed E-state index contributed by atoms with van der Waals surface area (Å²) in [4.78, 5) is 36.4. The number of likely N-dealkylation sites (tertiary alicyclic amines) is 1. The number of nitrogens with one attached hydrogen (secondary N) is 1. The molecule has 0 spiro atoms. The Morgan fingerprint density at radius 1 is 1.03 bits per heavy atom. The van der Waals surface area contributed by atoms with E-state index in [9.17, 15) is 4.79 Å². The van der Waals surface area contributed by atoms with Crippen LogP contribution in [0.5, 0.6) is 5.75 Å². The lowest BCUT2D eigenvalue weighted by Gasteiger charge is -2.32. The Labute approximate surface area is 204 Å². The van der Waals surface area contributed by atoms with Crippen molar-refractivity contribution >= 4 is 5.91 Å². The van der Waals surface area contributed by atoms with E-state index in [4.69, 9.17) is 4.74 Å². The summed E-state index contributed by atoms with van der Waals surface area (Å²) >= 11 is 0. The summed E-state index contributed by atoms with van der Waals surface area (Å²) < 4.78 is 5.43. The molecule has 1 saturated heterocycles. The lowest BCUT2D eigenvalue weighted by atomic mass is 9.91.